The first-order valence-electron chi connectivity index (χ1n) is 4.14. The summed E-state index contributed by atoms with van der Waals surface area (Å²) in [5.74, 6) is 0.730. The highest BCUT2D eigenvalue weighted by Gasteiger charge is 2.06. The quantitative estimate of drug-likeness (QED) is 0.811. The first-order chi connectivity index (χ1) is 6.13. The lowest BCUT2D eigenvalue weighted by Crippen LogP contribution is -2.05. The van der Waals surface area contributed by atoms with Crippen molar-refractivity contribution in [2.45, 2.75) is 19.4 Å². The summed E-state index contributed by atoms with van der Waals surface area (Å²) in [5, 5.41) is 9.85. The van der Waals surface area contributed by atoms with Crippen molar-refractivity contribution >= 4 is 11.6 Å². The molecule has 0 saturated heterocycles. The summed E-state index contributed by atoms with van der Waals surface area (Å²) in [4.78, 5) is 0. The molecule has 3 heteroatoms. The van der Waals surface area contributed by atoms with Crippen molar-refractivity contribution in [3.05, 3.63) is 28.8 Å². The standard InChI is InChI=1S/C10H13ClO2/c1-7(12)5-8-3-4-9(11)6-10(8)13-2/h3-4,6-7,12H,5H2,1-2H3/t7-/m0/s1. The fraction of sp³-hybridized carbons (Fsp3) is 0.400. The summed E-state index contributed by atoms with van der Waals surface area (Å²) in [5.41, 5.74) is 0.974. The van der Waals surface area contributed by atoms with Crippen LogP contribution in [0.2, 0.25) is 5.02 Å². The molecule has 1 rings (SSSR count). The van der Waals surface area contributed by atoms with Crippen LogP contribution in [0, 0.1) is 0 Å². The molecule has 72 valence electrons. The van der Waals surface area contributed by atoms with Gasteiger partial charge in [-0.25, -0.2) is 0 Å². The fourth-order valence-electron chi connectivity index (χ4n) is 1.21. The molecule has 0 aromatic heterocycles. The van der Waals surface area contributed by atoms with Crippen LogP contribution in [0.4, 0.5) is 0 Å². The highest BCUT2D eigenvalue weighted by molar-refractivity contribution is 6.30. The predicted octanol–water partition coefficient (Wildman–Crippen LogP) is 2.27. The van der Waals surface area contributed by atoms with Gasteiger partial charge in [-0.3, -0.25) is 0 Å². The van der Waals surface area contributed by atoms with E-state index in [0.29, 0.717) is 11.4 Å². The normalized spacial score (nSPS) is 12.6. The van der Waals surface area contributed by atoms with E-state index in [-0.39, 0.29) is 6.10 Å². The molecule has 0 spiro atoms. The Labute approximate surface area is 83.1 Å². The average Bonchev–Trinajstić information content (AvgIpc) is 2.07. The van der Waals surface area contributed by atoms with E-state index in [1.165, 1.54) is 0 Å². The van der Waals surface area contributed by atoms with Gasteiger partial charge in [-0.2, -0.15) is 0 Å². The first kappa shape index (κ1) is 10.4. The molecule has 1 N–H and O–H groups in total. The molecule has 0 saturated carbocycles. The van der Waals surface area contributed by atoms with Crippen LogP contribution in [0.5, 0.6) is 5.75 Å². The third kappa shape index (κ3) is 2.90. The maximum atomic E-state index is 9.21. The molecule has 2 nitrogen and oxygen atoms in total. The Morgan fingerprint density at radius 2 is 2.23 bits per heavy atom. The van der Waals surface area contributed by atoms with Crippen molar-refractivity contribution in [2.75, 3.05) is 7.11 Å². The number of halogens is 1. The van der Waals surface area contributed by atoms with Crippen LogP contribution >= 0.6 is 11.6 Å². The van der Waals surface area contributed by atoms with Crippen molar-refractivity contribution in [1.82, 2.24) is 0 Å². The SMILES string of the molecule is COc1cc(Cl)ccc1C[C@H](C)O. The van der Waals surface area contributed by atoms with Gasteiger partial charge in [0.1, 0.15) is 5.75 Å². The Balaban J connectivity index is 2.92. The van der Waals surface area contributed by atoms with E-state index in [1.54, 1.807) is 26.2 Å². The number of rotatable bonds is 3. The molecule has 0 fully saturated rings. The van der Waals surface area contributed by atoms with Gasteiger partial charge in [0, 0.05) is 11.4 Å². The molecule has 1 aromatic rings. The van der Waals surface area contributed by atoms with Gasteiger partial charge in [0.25, 0.3) is 0 Å². The maximum Gasteiger partial charge on any atom is 0.123 e. The third-order valence-electron chi connectivity index (χ3n) is 1.76. The van der Waals surface area contributed by atoms with Crippen molar-refractivity contribution in [3.8, 4) is 5.75 Å². The predicted molar refractivity (Wildman–Crippen MR) is 53.4 cm³/mol. The number of benzene rings is 1. The van der Waals surface area contributed by atoms with Gasteiger partial charge < -0.3 is 9.84 Å². The average molecular weight is 201 g/mol. The second kappa shape index (κ2) is 4.49. The van der Waals surface area contributed by atoms with Crippen molar-refractivity contribution in [2.24, 2.45) is 0 Å². The minimum absolute atomic E-state index is 0.366. The molecule has 0 radical (unpaired) electrons. The molecule has 0 aliphatic rings. The lowest BCUT2D eigenvalue weighted by atomic mass is 10.1. The minimum Gasteiger partial charge on any atom is -0.496 e. The number of hydrogen-bond acceptors (Lipinski definition) is 2. The Morgan fingerprint density at radius 1 is 1.54 bits per heavy atom. The molecular weight excluding hydrogens is 188 g/mol. The van der Waals surface area contributed by atoms with Gasteiger partial charge in [0.15, 0.2) is 0 Å². The van der Waals surface area contributed by atoms with Crippen LogP contribution in [0.15, 0.2) is 18.2 Å². The van der Waals surface area contributed by atoms with E-state index in [2.05, 4.69) is 0 Å². The van der Waals surface area contributed by atoms with Gasteiger partial charge >= 0.3 is 0 Å². The third-order valence-corrected chi connectivity index (χ3v) is 2.00. The second-order valence-electron chi connectivity index (χ2n) is 3.01. The highest BCUT2D eigenvalue weighted by atomic mass is 35.5. The summed E-state index contributed by atoms with van der Waals surface area (Å²) < 4.78 is 5.13. The molecule has 0 aliphatic heterocycles. The van der Waals surface area contributed by atoms with Crippen LogP contribution in [0.25, 0.3) is 0 Å². The monoisotopic (exact) mass is 200 g/mol. The highest BCUT2D eigenvalue weighted by Crippen LogP contribution is 2.24. The zero-order valence-corrected chi connectivity index (χ0v) is 8.51. The fourth-order valence-corrected chi connectivity index (χ4v) is 1.37. The molecule has 0 bridgehead atoms. The summed E-state index contributed by atoms with van der Waals surface area (Å²) in [6, 6.07) is 5.41. The summed E-state index contributed by atoms with van der Waals surface area (Å²) >= 11 is 5.79. The molecule has 1 aromatic carbocycles. The summed E-state index contributed by atoms with van der Waals surface area (Å²) in [6.45, 7) is 1.74. The number of ether oxygens (including phenoxy) is 1. The number of aliphatic hydroxyl groups is 1. The Bertz CT molecular complexity index is 284. The topological polar surface area (TPSA) is 29.5 Å². The molecular formula is C10H13ClO2. The Kier molecular flexibility index (Phi) is 3.58. The summed E-state index contributed by atoms with van der Waals surface area (Å²) in [7, 11) is 1.59. The zero-order chi connectivity index (χ0) is 9.84. The zero-order valence-electron chi connectivity index (χ0n) is 7.75. The van der Waals surface area contributed by atoms with E-state index in [0.717, 1.165) is 11.3 Å². The lowest BCUT2D eigenvalue weighted by Gasteiger charge is -2.09. The Morgan fingerprint density at radius 3 is 2.77 bits per heavy atom. The molecule has 0 unspecified atom stereocenters. The van der Waals surface area contributed by atoms with Gasteiger partial charge in [-0.15, -0.1) is 0 Å². The van der Waals surface area contributed by atoms with Crippen LogP contribution in [-0.2, 0) is 6.42 Å². The number of methoxy groups -OCH3 is 1. The maximum absolute atomic E-state index is 9.21. The largest absolute Gasteiger partial charge is 0.496 e. The van der Waals surface area contributed by atoms with Crippen LogP contribution in [0.3, 0.4) is 0 Å². The smallest absolute Gasteiger partial charge is 0.123 e. The Hall–Kier alpha value is -0.730. The number of aliphatic hydroxyl groups excluding tert-OH is 1. The molecule has 13 heavy (non-hydrogen) atoms. The summed E-state index contributed by atoms with van der Waals surface area (Å²) in [6.07, 6.45) is 0.218. The second-order valence-corrected chi connectivity index (χ2v) is 3.45. The van der Waals surface area contributed by atoms with Crippen LogP contribution < -0.4 is 4.74 Å². The van der Waals surface area contributed by atoms with E-state index >= 15 is 0 Å². The van der Waals surface area contributed by atoms with Crippen molar-refractivity contribution in [3.63, 3.8) is 0 Å². The molecule has 0 heterocycles. The first-order valence-corrected chi connectivity index (χ1v) is 4.51. The van der Waals surface area contributed by atoms with E-state index in [4.69, 9.17) is 16.3 Å². The molecule has 1 atom stereocenters. The van der Waals surface area contributed by atoms with Gasteiger partial charge in [-0.05, 0) is 24.6 Å². The van der Waals surface area contributed by atoms with E-state index in [9.17, 15) is 5.11 Å². The van der Waals surface area contributed by atoms with Crippen molar-refractivity contribution < 1.29 is 9.84 Å². The van der Waals surface area contributed by atoms with Gasteiger partial charge in [0.05, 0.1) is 13.2 Å². The van der Waals surface area contributed by atoms with E-state index in [1.807, 2.05) is 6.07 Å². The van der Waals surface area contributed by atoms with Crippen LogP contribution in [-0.4, -0.2) is 18.3 Å². The lowest BCUT2D eigenvalue weighted by molar-refractivity contribution is 0.194. The molecule has 0 amide bonds. The molecule has 0 aliphatic carbocycles. The van der Waals surface area contributed by atoms with Gasteiger partial charge in [0.2, 0.25) is 0 Å². The van der Waals surface area contributed by atoms with Gasteiger partial charge in [-0.1, -0.05) is 17.7 Å². The van der Waals surface area contributed by atoms with E-state index < -0.39 is 0 Å². The minimum atomic E-state index is -0.366. The van der Waals surface area contributed by atoms with Crippen LogP contribution in [0.1, 0.15) is 12.5 Å². The number of hydrogen-bond donors (Lipinski definition) is 1. The van der Waals surface area contributed by atoms with Crippen molar-refractivity contribution in [1.29, 1.82) is 0 Å².